The second-order valence-electron chi connectivity index (χ2n) is 5.27. The normalized spacial score (nSPS) is 16.0. The molecule has 0 unspecified atom stereocenters. The fraction of sp³-hybridized carbons (Fsp3) is 0.0588. The van der Waals surface area contributed by atoms with Crippen LogP contribution in [0.25, 0.3) is 17.5 Å². The number of thiophene rings is 1. The van der Waals surface area contributed by atoms with Gasteiger partial charge in [-0.2, -0.15) is 4.98 Å². The first-order chi connectivity index (χ1) is 12.6. The number of thioether (sulfide) groups is 1. The van der Waals surface area contributed by atoms with E-state index in [0.29, 0.717) is 21.3 Å². The third kappa shape index (κ3) is 3.31. The molecule has 1 aliphatic rings. The van der Waals surface area contributed by atoms with E-state index in [2.05, 4.69) is 10.1 Å². The Morgan fingerprint density at radius 1 is 1.19 bits per heavy atom. The zero-order valence-electron chi connectivity index (χ0n) is 13.1. The van der Waals surface area contributed by atoms with Crippen molar-refractivity contribution < 1.29 is 14.1 Å². The first-order valence-electron chi connectivity index (χ1n) is 7.48. The molecule has 2 amide bonds. The Morgan fingerprint density at radius 3 is 2.81 bits per heavy atom. The summed E-state index contributed by atoms with van der Waals surface area (Å²) in [4.78, 5) is 31.3. The van der Waals surface area contributed by atoms with E-state index in [1.807, 2.05) is 23.6 Å². The Hall–Kier alpha value is -2.42. The molecular formula is C17H10ClN3O3S2. The van der Waals surface area contributed by atoms with E-state index in [-0.39, 0.29) is 23.6 Å². The van der Waals surface area contributed by atoms with Crippen molar-refractivity contribution >= 4 is 51.9 Å². The number of hydrogen-bond donors (Lipinski definition) is 0. The Labute approximate surface area is 161 Å². The van der Waals surface area contributed by atoms with Crippen molar-refractivity contribution in [3.05, 3.63) is 62.5 Å². The van der Waals surface area contributed by atoms with Gasteiger partial charge in [0.05, 0.1) is 9.93 Å². The van der Waals surface area contributed by atoms with Crippen LogP contribution in [0.2, 0.25) is 5.02 Å². The van der Waals surface area contributed by atoms with Gasteiger partial charge in [-0.1, -0.05) is 35.0 Å². The topological polar surface area (TPSA) is 76.3 Å². The maximum Gasteiger partial charge on any atom is 0.294 e. The van der Waals surface area contributed by atoms with Gasteiger partial charge in [-0.3, -0.25) is 14.5 Å². The minimum Gasteiger partial charge on any atom is -0.337 e. The molecule has 0 bridgehead atoms. The van der Waals surface area contributed by atoms with Gasteiger partial charge < -0.3 is 4.52 Å². The summed E-state index contributed by atoms with van der Waals surface area (Å²) in [5.41, 5.74) is 0.621. The summed E-state index contributed by atoms with van der Waals surface area (Å²) < 4.78 is 5.18. The van der Waals surface area contributed by atoms with Crippen molar-refractivity contribution in [2.24, 2.45) is 0 Å². The van der Waals surface area contributed by atoms with Crippen molar-refractivity contribution in [3.8, 4) is 11.4 Å². The Kier molecular flexibility index (Phi) is 4.62. The highest BCUT2D eigenvalue weighted by Crippen LogP contribution is 2.34. The third-order valence-electron chi connectivity index (χ3n) is 3.57. The molecule has 0 N–H and O–H groups in total. The Bertz CT molecular complexity index is 1010. The van der Waals surface area contributed by atoms with Crippen molar-refractivity contribution in [1.29, 1.82) is 0 Å². The number of carbonyl (C=O) groups excluding carboxylic acids is 2. The minimum atomic E-state index is -0.370. The van der Waals surface area contributed by atoms with Crippen LogP contribution in [0.1, 0.15) is 10.8 Å². The summed E-state index contributed by atoms with van der Waals surface area (Å²) >= 11 is 8.52. The van der Waals surface area contributed by atoms with Gasteiger partial charge in [-0.25, -0.2) is 0 Å². The van der Waals surface area contributed by atoms with E-state index in [9.17, 15) is 9.59 Å². The van der Waals surface area contributed by atoms with Gasteiger partial charge in [-0.05, 0) is 41.4 Å². The van der Waals surface area contributed by atoms with Crippen LogP contribution < -0.4 is 0 Å². The van der Waals surface area contributed by atoms with Crippen molar-refractivity contribution in [2.75, 3.05) is 0 Å². The molecule has 0 aliphatic carbocycles. The average Bonchev–Trinajstić information content (AvgIpc) is 3.35. The monoisotopic (exact) mass is 403 g/mol. The summed E-state index contributed by atoms with van der Waals surface area (Å²) in [7, 11) is 0. The van der Waals surface area contributed by atoms with Gasteiger partial charge in [0.2, 0.25) is 11.7 Å². The van der Waals surface area contributed by atoms with Crippen LogP contribution in [0, 0.1) is 0 Å². The van der Waals surface area contributed by atoms with E-state index < -0.39 is 0 Å². The lowest BCUT2D eigenvalue weighted by molar-refractivity contribution is -0.123. The second kappa shape index (κ2) is 7.06. The first kappa shape index (κ1) is 17.0. The summed E-state index contributed by atoms with van der Waals surface area (Å²) in [6.45, 7) is -0.0795. The molecule has 26 heavy (non-hydrogen) atoms. The predicted molar refractivity (Wildman–Crippen MR) is 101 cm³/mol. The van der Waals surface area contributed by atoms with Crippen molar-refractivity contribution in [3.63, 3.8) is 0 Å². The summed E-state index contributed by atoms with van der Waals surface area (Å²) in [6, 6.07) is 10.9. The van der Waals surface area contributed by atoms with Crippen LogP contribution in [0.3, 0.4) is 0 Å². The zero-order valence-corrected chi connectivity index (χ0v) is 15.5. The zero-order chi connectivity index (χ0) is 18.1. The van der Waals surface area contributed by atoms with Crippen LogP contribution in [-0.4, -0.2) is 26.2 Å². The van der Waals surface area contributed by atoms with Crippen LogP contribution >= 0.6 is 34.7 Å². The molecule has 1 saturated heterocycles. The molecule has 1 fully saturated rings. The second-order valence-corrected chi connectivity index (χ2v) is 7.65. The lowest BCUT2D eigenvalue weighted by Gasteiger charge is -2.08. The van der Waals surface area contributed by atoms with Crippen LogP contribution in [-0.2, 0) is 11.3 Å². The van der Waals surface area contributed by atoms with E-state index >= 15 is 0 Å². The predicted octanol–water partition coefficient (Wildman–Crippen LogP) is 4.69. The highest BCUT2D eigenvalue weighted by molar-refractivity contribution is 8.18. The van der Waals surface area contributed by atoms with Gasteiger partial charge in [0.15, 0.2) is 0 Å². The van der Waals surface area contributed by atoms with Crippen molar-refractivity contribution in [2.45, 2.75) is 6.54 Å². The molecule has 1 aromatic carbocycles. The summed E-state index contributed by atoms with van der Waals surface area (Å²) in [6.07, 6.45) is 1.71. The largest absolute Gasteiger partial charge is 0.337 e. The lowest BCUT2D eigenvalue weighted by Crippen LogP contribution is -2.27. The molecule has 9 heteroatoms. The first-order valence-corrected chi connectivity index (χ1v) is 9.55. The van der Waals surface area contributed by atoms with E-state index in [0.717, 1.165) is 21.5 Å². The molecule has 3 aromatic rings. The number of imide groups is 1. The Morgan fingerprint density at radius 2 is 2.04 bits per heavy atom. The molecule has 0 saturated carbocycles. The van der Waals surface area contributed by atoms with E-state index in [1.165, 1.54) is 11.3 Å². The number of rotatable bonds is 4. The number of halogens is 1. The maximum atomic E-state index is 12.5. The molecule has 0 radical (unpaired) electrons. The quantitative estimate of drug-likeness (QED) is 0.588. The highest BCUT2D eigenvalue weighted by Gasteiger charge is 2.36. The standard InChI is InChI=1S/C17H10ClN3O3S2/c18-12-6-2-1-5-11(12)15-19-14(24-20-15)9-21-16(22)13(26-17(21)23)8-10-4-3-7-25-10/h1-8H,9H2/b13-8-. The highest BCUT2D eigenvalue weighted by atomic mass is 35.5. The molecule has 1 aliphatic heterocycles. The van der Waals surface area contributed by atoms with E-state index in [4.69, 9.17) is 16.1 Å². The van der Waals surface area contributed by atoms with E-state index in [1.54, 1.807) is 24.3 Å². The maximum absolute atomic E-state index is 12.5. The minimum absolute atomic E-state index is 0.0795. The third-order valence-corrected chi connectivity index (χ3v) is 5.62. The molecule has 2 aromatic heterocycles. The number of amides is 2. The van der Waals surface area contributed by atoms with Gasteiger partial charge >= 0.3 is 0 Å². The molecule has 3 heterocycles. The number of aromatic nitrogens is 2. The smallest absolute Gasteiger partial charge is 0.294 e. The van der Waals surface area contributed by atoms with Gasteiger partial charge in [-0.15, -0.1) is 11.3 Å². The fourth-order valence-corrected chi connectivity index (χ4v) is 4.13. The molecular weight excluding hydrogens is 394 g/mol. The molecule has 4 rings (SSSR count). The Balaban J connectivity index is 1.54. The lowest BCUT2D eigenvalue weighted by atomic mass is 10.2. The number of benzene rings is 1. The summed E-state index contributed by atoms with van der Waals surface area (Å²) in [5.74, 6) is 0.109. The summed E-state index contributed by atoms with van der Waals surface area (Å²) in [5, 5.41) is 5.91. The molecule has 130 valence electrons. The average molecular weight is 404 g/mol. The molecule has 0 spiro atoms. The van der Waals surface area contributed by atoms with Gasteiger partial charge in [0.25, 0.3) is 11.1 Å². The van der Waals surface area contributed by atoms with Gasteiger partial charge in [0.1, 0.15) is 6.54 Å². The molecule has 0 atom stereocenters. The van der Waals surface area contributed by atoms with Crippen LogP contribution in [0.5, 0.6) is 0 Å². The van der Waals surface area contributed by atoms with Crippen molar-refractivity contribution in [1.82, 2.24) is 15.0 Å². The number of nitrogens with zero attached hydrogens (tertiary/aromatic N) is 3. The SMILES string of the molecule is O=C1S/C(=C\c2cccs2)C(=O)N1Cc1nc(-c2ccccc2Cl)no1. The number of carbonyl (C=O) groups is 2. The number of hydrogen-bond acceptors (Lipinski definition) is 7. The van der Waals surface area contributed by atoms with Crippen LogP contribution in [0.4, 0.5) is 4.79 Å². The van der Waals surface area contributed by atoms with Crippen LogP contribution in [0.15, 0.2) is 51.2 Å². The van der Waals surface area contributed by atoms with Gasteiger partial charge in [0, 0.05) is 10.4 Å². The molecule has 6 nitrogen and oxygen atoms in total. The fourth-order valence-electron chi connectivity index (χ4n) is 2.35.